The average molecular weight is 284 g/mol. The molecule has 1 aliphatic rings. The molecule has 0 radical (unpaired) electrons. The second-order valence-electron chi connectivity index (χ2n) is 5.93. The fourth-order valence-electron chi connectivity index (χ4n) is 2.75. The Hall–Kier alpha value is -1.79. The van der Waals surface area contributed by atoms with E-state index in [4.69, 9.17) is 5.73 Å². The van der Waals surface area contributed by atoms with E-state index >= 15 is 0 Å². The monoisotopic (exact) mass is 284 g/mol. The van der Waals surface area contributed by atoms with Crippen molar-refractivity contribution in [1.29, 1.82) is 0 Å². The molecule has 1 saturated carbocycles. The smallest absolute Gasteiger partial charge is 0.251 e. The Balaban J connectivity index is 2.05. The molecule has 21 heavy (non-hydrogen) atoms. The van der Waals surface area contributed by atoms with Gasteiger partial charge in [0.15, 0.2) is 0 Å². The average Bonchev–Trinajstić information content (AvgIpc) is 2.45. The first-order valence-electron chi connectivity index (χ1n) is 7.68. The number of nitrogens with two attached hydrogens (primary N) is 1. The van der Waals surface area contributed by atoms with Crippen LogP contribution in [0.4, 0.5) is 0 Å². The van der Waals surface area contributed by atoms with Crippen molar-refractivity contribution < 1.29 is 4.79 Å². The largest absolute Gasteiger partial charge is 0.351 e. The third-order valence-electron chi connectivity index (χ3n) is 4.61. The van der Waals surface area contributed by atoms with Crippen molar-refractivity contribution in [3.05, 3.63) is 34.9 Å². The molecule has 3 nitrogen and oxygen atoms in total. The Labute approximate surface area is 127 Å². The Bertz CT molecular complexity index is 571. The van der Waals surface area contributed by atoms with Gasteiger partial charge < -0.3 is 11.1 Å². The van der Waals surface area contributed by atoms with Gasteiger partial charge in [-0.2, -0.15) is 0 Å². The van der Waals surface area contributed by atoms with E-state index in [1.165, 1.54) is 19.3 Å². The highest BCUT2D eigenvalue weighted by atomic mass is 16.1. The van der Waals surface area contributed by atoms with E-state index in [0.29, 0.717) is 17.5 Å². The highest BCUT2D eigenvalue weighted by Gasteiger charge is 2.35. The lowest BCUT2D eigenvalue weighted by Gasteiger charge is -2.41. The van der Waals surface area contributed by atoms with Crippen LogP contribution >= 0.6 is 0 Å². The zero-order valence-electron chi connectivity index (χ0n) is 13.0. The zero-order chi connectivity index (χ0) is 15.3. The highest BCUT2D eigenvalue weighted by molar-refractivity contribution is 5.94. The van der Waals surface area contributed by atoms with Crippen LogP contribution in [0.1, 0.15) is 54.1 Å². The summed E-state index contributed by atoms with van der Waals surface area (Å²) in [5.41, 5.74) is 8.36. The Morgan fingerprint density at radius 2 is 2.19 bits per heavy atom. The summed E-state index contributed by atoms with van der Waals surface area (Å²) in [5.74, 6) is 5.85. The van der Waals surface area contributed by atoms with Gasteiger partial charge in [0.25, 0.3) is 5.91 Å². The van der Waals surface area contributed by atoms with Gasteiger partial charge in [-0.25, -0.2) is 0 Å². The predicted octanol–water partition coefficient (Wildman–Crippen LogP) is 2.62. The van der Waals surface area contributed by atoms with Crippen molar-refractivity contribution in [3.8, 4) is 11.8 Å². The lowest BCUT2D eigenvalue weighted by Crippen LogP contribution is -2.41. The number of carbonyl (C=O) groups is 1. The molecule has 3 N–H and O–H groups in total. The number of aryl methyl sites for hydroxylation is 1. The van der Waals surface area contributed by atoms with Crippen LogP contribution in [0.5, 0.6) is 0 Å². The number of benzene rings is 1. The van der Waals surface area contributed by atoms with Crippen molar-refractivity contribution in [2.45, 2.75) is 39.5 Å². The van der Waals surface area contributed by atoms with E-state index in [9.17, 15) is 4.79 Å². The molecule has 0 atom stereocenters. The first-order valence-corrected chi connectivity index (χ1v) is 7.68. The number of rotatable bonds is 4. The molecule has 1 aromatic rings. The number of carbonyl (C=O) groups excluding carboxylic acids is 1. The van der Waals surface area contributed by atoms with Crippen LogP contribution in [-0.2, 0) is 0 Å². The Morgan fingerprint density at radius 3 is 2.76 bits per heavy atom. The second-order valence-corrected chi connectivity index (χ2v) is 5.93. The fourth-order valence-corrected chi connectivity index (χ4v) is 2.75. The molecule has 0 unspecified atom stereocenters. The normalized spacial score (nSPS) is 15.6. The van der Waals surface area contributed by atoms with Crippen LogP contribution in [0, 0.1) is 24.2 Å². The first-order chi connectivity index (χ1) is 10.1. The molecule has 1 amide bonds. The summed E-state index contributed by atoms with van der Waals surface area (Å²) in [4.78, 5) is 12.3. The van der Waals surface area contributed by atoms with Crippen LogP contribution < -0.4 is 11.1 Å². The van der Waals surface area contributed by atoms with E-state index in [2.05, 4.69) is 24.1 Å². The van der Waals surface area contributed by atoms with E-state index in [1.54, 1.807) is 0 Å². The van der Waals surface area contributed by atoms with Gasteiger partial charge in [-0.15, -0.1) is 0 Å². The Kier molecular flexibility index (Phi) is 5.03. The Morgan fingerprint density at radius 1 is 1.43 bits per heavy atom. The van der Waals surface area contributed by atoms with Gasteiger partial charge in [0.1, 0.15) is 0 Å². The molecule has 0 aromatic heterocycles. The zero-order valence-corrected chi connectivity index (χ0v) is 13.0. The summed E-state index contributed by atoms with van der Waals surface area (Å²) in [6, 6.07) is 5.65. The number of hydrogen-bond acceptors (Lipinski definition) is 2. The van der Waals surface area contributed by atoms with Crippen LogP contribution in [0.2, 0.25) is 0 Å². The van der Waals surface area contributed by atoms with Gasteiger partial charge in [0.05, 0.1) is 6.54 Å². The quantitative estimate of drug-likeness (QED) is 0.835. The predicted molar refractivity (Wildman–Crippen MR) is 86.0 cm³/mol. The molecular weight excluding hydrogens is 260 g/mol. The number of nitrogens with one attached hydrogen (secondary N) is 1. The lowest BCUT2D eigenvalue weighted by atomic mass is 9.67. The van der Waals surface area contributed by atoms with Crippen LogP contribution in [-0.4, -0.2) is 19.0 Å². The van der Waals surface area contributed by atoms with Crippen molar-refractivity contribution in [1.82, 2.24) is 5.32 Å². The molecule has 1 aliphatic carbocycles. The van der Waals surface area contributed by atoms with Gasteiger partial charge >= 0.3 is 0 Å². The highest BCUT2D eigenvalue weighted by Crippen LogP contribution is 2.43. The maximum absolute atomic E-state index is 12.3. The van der Waals surface area contributed by atoms with E-state index in [1.807, 2.05) is 25.1 Å². The maximum atomic E-state index is 12.3. The van der Waals surface area contributed by atoms with Gasteiger partial charge in [0.2, 0.25) is 0 Å². The first kappa shape index (κ1) is 15.6. The van der Waals surface area contributed by atoms with Crippen molar-refractivity contribution >= 4 is 5.91 Å². The van der Waals surface area contributed by atoms with Crippen LogP contribution in [0.3, 0.4) is 0 Å². The summed E-state index contributed by atoms with van der Waals surface area (Å²) < 4.78 is 0. The van der Waals surface area contributed by atoms with Gasteiger partial charge in [0, 0.05) is 17.7 Å². The van der Waals surface area contributed by atoms with E-state index in [0.717, 1.165) is 24.1 Å². The molecule has 112 valence electrons. The van der Waals surface area contributed by atoms with Crippen molar-refractivity contribution in [2.24, 2.45) is 11.1 Å². The molecule has 0 aliphatic heterocycles. The van der Waals surface area contributed by atoms with Gasteiger partial charge in [-0.05, 0) is 49.3 Å². The molecule has 0 saturated heterocycles. The second kappa shape index (κ2) is 6.78. The van der Waals surface area contributed by atoms with Crippen molar-refractivity contribution in [3.63, 3.8) is 0 Å². The minimum absolute atomic E-state index is 0.00877. The van der Waals surface area contributed by atoms with Crippen LogP contribution in [0.15, 0.2) is 18.2 Å². The minimum Gasteiger partial charge on any atom is -0.351 e. The standard InChI is InChI=1S/C18H24N2O/c1-3-18(9-5-10-18)13-20-17(21)16-8-7-14(2)15(12-16)6-4-11-19/h7-8,12H,3,5,9-11,13,19H2,1-2H3,(H,20,21). The summed E-state index contributed by atoms with van der Waals surface area (Å²) in [6.45, 7) is 5.30. The topological polar surface area (TPSA) is 55.1 Å². The molecule has 0 bridgehead atoms. The third-order valence-corrected chi connectivity index (χ3v) is 4.61. The number of hydrogen-bond donors (Lipinski definition) is 2. The molecule has 0 heterocycles. The molecule has 1 fully saturated rings. The SMILES string of the molecule is CCC1(CNC(=O)c2ccc(C)c(C#CCN)c2)CCC1. The molecule has 2 rings (SSSR count). The van der Waals surface area contributed by atoms with E-state index < -0.39 is 0 Å². The minimum atomic E-state index is -0.00877. The van der Waals surface area contributed by atoms with Crippen LogP contribution in [0.25, 0.3) is 0 Å². The fraction of sp³-hybridized carbons (Fsp3) is 0.500. The van der Waals surface area contributed by atoms with Gasteiger partial charge in [-0.1, -0.05) is 31.3 Å². The van der Waals surface area contributed by atoms with Gasteiger partial charge in [-0.3, -0.25) is 4.79 Å². The molecule has 1 aromatic carbocycles. The van der Waals surface area contributed by atoms with Crippen molar-refractivity contribution in [2.75, 3.05) is 13.1 Å². The lowest BCUT2D eigenvalue weighted by molar-refractivity contribution is 0.0850. The molecular formula is C18H24N2O. The summed E-state index contributed by atoms with van der Waals surface area (Å²) in [5, 5.41) is 3.08. The molecule has 0 spiro atoms. The summed E-state index contributed by atoms with van der Waals surface area (Å²) in [7, 11) is 0. The maximum Gasteiger partial charge on any atom is 0.251 e. The summed E-state index contributed by atoms with van der Waals surface area (Å²) in [6.07, 6.45) is 4.87. The molecule has 3 heteroatoms. The third kappa shape index (κ3) is 3.65. The van der Waals surface area contributed by atoms with E-state index in [-0.39, 0.29) is 5.91 Å². The summed E-state index contributed by atoms with van der Waals surface area (Å²) >= 11 is 0. The number of amides is 1.